The Morgan fingerprint density at radius 2 is 2.17 bits per heavy atom. The number of methoxy groups -OCH3 is 1. The van der Waals surface area contributed by atoms with E-state index in [1.165, 1.54) is 6.21 Å². The molecule has 1 rings (SSSR count). The van der Waals surface area contributed by atoms with Crippen LogP contribution in [0.1, 0.15) is 0 Å². The van der Waals surface area contributed by atoms with E-state index in [-0.39, 0.29) is 0 Å². The number of carbonyl (C=O) groups is 1. The molecule has 3 nitrogen and oxygen atoms in total. The SMILES string of the molecule is COc1ccccc1N=CC=O. The second-order valence-corrected chi connectivity index (χ2v) is 2.09. The molecule has 12 heavy (non-hydrogen) atoms. The van der Waals surface area contributed by atoms with Crippen molar-refractivity contribution >= 4 is 18.2 Å². The predicted molar refractivity (Wildman–Crippen MR) is 47.2 cm³/mol. The van der Waals surface area contributed by atoms with Crippen molar-refractivity contribution in [3.63, 3.8) is 0 Å². The van der Waals surface area contributed by atoms with Gasteiger partial charge >= 0.3 is 0 Å². The fourth-order valence-corrected chi connectivity index (χ4v) is 0.847. The summed E-state index contributed by atoms with van der Waals surface area (Å²) in [5, 5.41) is 0. The van der Waals surface area contributed by atoms with Crippen molar-refractivity contribution in [1.29, 1.82) is 0 Å². The van der Waals surface area contributed by atoms with Crippen molar-refractivity contribution in [3.8, 4) is 5.75 Å². The zero-order chi connectivity index (χ0) is 8.81. The van der Waals surface area contributed by atoms with Gasteiger partial charge in [-0.25, -0.2) is 4.99 Å². The molecule has 0 saturated carbocycles. The Labute approximate surface area is 70.7 Å². The lowest BCUT2D eigenvalue weighted by Gasteiger charge is -2.01. The first-order valence-corrected chi connectivity index (χ1v) is 3.49. The molecular weight excluding hydrogens is 154 g/mol. The fourth-order valence-electron chi connectivity index (χ4n) is 0.847. The molecule has 0 atom stereocenters. The molecule has 0 aliphatic rings. The van der Waals surface area contributed by atoms with Crippen LogP contribution >= 0.6 is 0 Å². The number of carbonyl (C=O) groups excluding carboxylic acids is 1. The lowest BCUT2D eigenvalue weighted by Crippen LogP contribution is -1.82. The maximum absolute atomic E-state index is 9.99. The van der Waals surface area contributed by atoms with Crippen molar-refractivity contribution < 1.29 is 9.53 Å². The second kappa shape index (κ2) is 4.28. The van der Waals surface area contributed by atoms with Gasteiger partial charge in [0.1, 0.15) is 11.4 Å². The fraction of sp³-hybridized carbons (Fsp3) is 0.111. The summed E-state index contributed by atoms with van der Waals surface area (Å²) in [5.74, 6) is 0.663. The lowest BCUT2D eigenvalue weighted by molar-refractivity contribution is -0.102. The van der Waals surface area contributed by atoms with Gasteiger partial charge in [-0.15, -0.1) is 0 Å². The van der Waals surface area contributed by atoms with Gasteiger partial charge in [0.2, 0.25) is 0 Å². The summed E-state index contributed by atoms with van der Waals surface area (Å²) in [6.07, 6.45) is 1.82. The van der Waals surface area contributed by atoms with E-state index in [1.807, 2.05) is 12.1 Å². The number of aliphatic imine (C=N–C) groups is 1. The largest absolute Gasteiger partial charge is 0.494 e. The molecule has 0 radical (unpaired) electrons. The van der Waals surface area contributed by atoms with Gasteiger partial charge in [0.25, 0.3) is 0 Å². The Morgan fingerprint density at radius 1 is 1.42 bits per heavy atom. The Bertz CT molecular complexity index is 294. The van der Waals surface area contributed by atoms with Gasteiger partial charge in [0.15, 0.2) is 6.29 Å². The predicted octanol–water partition coefficient (Wildman–Crippen LogP) is 1.60. The quantitative estimate of drug-likeness (QED) is 0.501. The van der Waals surface area contributed by atoms with Gasteiger partial charge in [-0.2, -0.15) is 0 Å². The molecule has 0 aliphatic carbocycles. The van der Waals surface area contributed by atoms with Crippen molar-refractivity contribution in [2.24, 2.45) is 4.99 Å². The molecule has 0 saturated heterocycles. The van der Waals surface area contributed by atoms with Crippen LogP contribution in [-0.2, 0) is 4.79 Å². The standard InChI is InChI=1S/C9H9NO2/c1-12-9-5-3-2-4-8(9)10-6-7-11/h2-7H,1H3. The van der Waals surface area contributed by atoms with Crippen LogP contribution in [-0.4, -0.2) is 19.6 Å². The summed E-state index contributed by atoms with van der Waals surface area (Å²) in [4.78, 5) is 13.9. The Kier molecular flexibility index (Phi) is 3.02. The molecule has 1 aromatic rings. The average molecular weight is 163 g/mol. The van der Waals surface area contributed by atoms with Gasteiger partial charge in [-0.1, -0.05) is 12.1 Å². The molecule has 0 aliphatic heterocycles. The van der Waals surface area contributed by atoms with Crippen LogP contribution in [0.4, 0.5) is 5.69 Å². The molecule has 62 valence electrons. The van der Waals surface area contributed by atoms with Gasteiger partial charge in [-0.3, -0.25) is 4.79 Å². The molecule has 1 aromatic carbocycles. The smallest absolute Gasteiger partial charge is 0.161 e. The second-order valence-electron chi connectivity index (χ2n) is 2.09. The van der Waals surface area contributed by atoms with E-state index in [2.05, 4.69) is 4.99 Å². The molecular formula is C9H9NO2. The monoisotopic (exact) mass is 163 g/mol. The van der Waals surface area contributed by atoms with Gasteiger partial charge < -0.3 is 4.74 Å². The van der Waals surface area contributed by atoms with Crippen LogP contribution in [0.2, 0.25) is 0 Å². The molecule has 0 heterocycles. The number of ether oxygens (including phenoxy) is 1. The highest BCUT2D eigenvalue weighted by Crippen LogP contribution is 2.25. The minimum Gasteiger partial charge on any atom is -0.494 e. The van der Waals surface area contributed by atoms with E-state index in [9.17, 15) is 4.79 Å². The molecule has 0 N–H and O–H groups in total. The summed E-state index contributed by atoms with van der Waals surface area (Å²) in [5.41, 5.74) is 0.659. The first-order valence-electron chi connectivity index (χ1n) is 3.49. The molecule has 0 aromatic heterocycles. The summed E-state index contributed by atoms with van der Waals surface area (Å²) < 4.78 is 5.01. The Balaban J connectivity index is 2.96. The van der Waals surface area contributed by atoms with Crippen LogP contribution in [0.15, 0.2) is 29.3 Å². The van der Waals surface area contributed by atoms with Gasteiger partial charge in [0.05, 0.1) is 13.3 Å². The molecule has 0 unspecified atom stereocenters. The lowest BCUT2D eigenvalue weighted by atomic mass is 10.3. The average Bonchev–Trinajstić information content (AvgIpc) is 2.15. The number of rotatable bonds is 3. The number of hydrogen-bond donors (Lipinski definition) is 0. The minimum atomic E-state index is 0.631. The zero-order valence-corrected chi connectivity index (χ0v) is 6.73. The van der Waals surface area contributed by atoms with E-state index < -0.39 is 0 Å². The number of benzene rings is 1. The number of aldehydes is 1. The van der Waals surface area contributed by atoms with Crippen molar-refractivity contribution in [2.75, 3.05) is 7.11 Å². The normalized spacial score (nSPS) is 10.1. The van der Waals surface area contributed by atoms with Gasteiger partial charge in [0, 0.05) is 0 Å². The third-order valence-electron chi connectivity index (χ3n) is 1.36. The zero-order valence-electron chi connectivity index (χ0n) is 6.73. The van der Waals surface area contributed by atoms with Gasteiger partial charge in [-0.05, 0) is 12.1 Å². The van der Waals surface area contributed by atoms with Crippen LogP contribution in [0, 0.1) is 0 Å². The minimum absolute atomic E-state index is 0.631. The molecule has 0 amide bonds. The van der Waals surface area contributed by atoms with E-state index >= 15 is 0 Å². The molecule has 0 bridgehead atoms. The Morgan fingerprint density at radius 3 is 2.83 bits per heavy atom. The summed E-state index contributed by atoms with van der Waals surface area (Å²) >= 11 is 0. The molecule has 3 heteroatoms. The summed E-state index contributed by atoms with van der Waals surface area (Å²) in [6.45, 7) is 0. The summed E-state index contributed by atoms with van der Waals surface area (Å²) in [7, 11) is 1.56. The molecule has 0 spiro atoms. The highest BCUT2D eigenvalue weighted by Gasteiger charge is 1.96. The number of para-hydroxylation sites is 2. The van der Waals surface area contributed by atoms with Crippen LogP contribution in [0.25, 0.3) is 0 Å². The maximum Gasteiger partial charge on any atom is 0.161 e. The summed E-state index contributed by atoms with van der Waals surface area (Å²) in [6, 6.07) is 7.25. The first-order chi connectivity index (χ1) is 5.88. The van der Waals surface area contributed by atoms with Crippen molar-refractivity contribution in [2.45, 2.75) is 0 Å². The third kappa shape index (κ3) is 1.92. The van der Waals surface area contributed by atoms with E-state index in [1.54, 1.807) is 19.2 Å². The van der Waals surface area contributed by atoms with E-state index in [4.69, 9.17) is 4.74 Å². The van der Waals surface area contributed by atoms with Crippen LogP contribution < -0.4 is 4.74 Å². The number of nitrogens with zero attached hydrogens (tertiary/aromatic N) is 1. The van der Waals surface area contributed by atoms with Crippen molar-refractivity contribution in [3.05, 3.63) is 24.3 Å². The highest BCUT2D eigenvalue weighted by molar-refractivity contribution is 6.13. The maximum atomic E-state index is 9.99. The first kappa shape index (κ1) is 8.46. The number of hydrogen-bond acceptors (Lipinski definition) is 3. The highest BCUT2D eigenvalue weighted by atomic mass is 16.5. The van der Waals surface area contributed by atoms with Crippen LogP contribution in [0.5, 0.6) is 5.75 Å². The topological polar surface area (TPSA) is 38.7 Å². The molecule has 0 fully saturated rings. The van der Waals surface area contributed by atoms with E-state index in [0.717, 1.165) is 0 Å². The Hall–Kier alpha value is -1.64. The third-order valence-corrected chi connectivity index (χ3v) is 1.36. The van der Waals surface area contributed by atoms with E-state index in [0.29, 0.717) is 17.7 Å². The van der Waals surface area contributed by atoms with Crippen molar-refractivity contribution in [1.82, 2.24) is 0 Å². The van der Waals surface area contributed by atoms with Crippen LogP contribution in [0.3, 0.4) is 0 Å².